The molecule has 0 fully saturated rings. The molecule has 0 amide bonds. The van der Waals surface area contributed by atoms with Crippen molar-refractivity contribution < 1.29 is 33.4 Å². The molecule has 8 aromatic carbocycles. The van der Waals surface area contributed by atoms with Gasteiger partial charge in [-0.2, -0.15) is 4.98 Å². The van der Waals surface area contributed by atoms with Crippen LogP contribution >= 0.6 is 15.9 Å². The summed E-state index contributed by atoms with van der Waals surface area (Å²) in [5.41, 5.74) is 17.2. The van der Waals surface area contributed by atoms with E-state index in [1.165, 1.54) is 6.92 Å². The van der Waals surface area contributed by atoms with E-state index in [0.717, 1.165) is 61.3 Å². The molecule has 344 valence electrons. The lowest BCUT2D eigenvalue weighted by Crippen LogP contribution is -2.12. The standard InChI is InChI=1S/C16H14O3.C15H12N2O.C14H11BrO.C14H12O2/c1-12(17)19-11-16(18)15-10-6-5-9-14(15)13-7-3-2-4-8-13;16-15-17-14(10-18-15)13-9-5-4-8-12(13)11-6-2-1-3-7-11;2*15-10-14(16)13-9-5-4-8-12(13)11-6-2-1-3-7-11/h2-10H,11H2,1H3;1-10H,(H2,16,17);1-9H,10H2;1-9,15H,10H2. The van der Waals surface area contributed by atoms with Crippen LogP contribution in [0.5, 0.6) is 0 Å². The number of aliphatic hydroxyl groups is 1. The van der Waals surface area contributed by atoms with Crippen LogP contribution < -0.4 is 5.73 Å². The first kappa shape index (κ1) is 50.1. The van der Waals surface area contributed by atoms with Crippen LogP contribution in [0.15, 0.2) is 229 Å². The molecule has 0 aliphatic heterocycles. The number of alkyl halides is 1. The van der Waals surface area contributed by atoms with Gasteiger partial charge in [0.05, 0.1) is 5.33 Å². The first-order valence-corrected chi connectivity index (χ1v) is 23.0. The van der Waals surface area contributed by atoms with Gasteiger partial charge in [-0.15, -0.1) is 0 Å². The fourth-order valence-electron chi connectivity index (χ4n) is 7.18. The van der Waals surface area contributed by atoms with Crippen LogP contribution in [0.2, 0.25) is 0 Å². The molecule has 0 aliphatic rings. The number of aromatic nitrogens is 1. The van der Waals surface area contributed by atoms with Crippen molar-refractivity contribution >= 4 is 45.3 Å². The third kappa shape index (κ3) is 14.3. The molecule has 0 spiro atoms. The second-order valence-electron chi connectivity index (χ2n) is 15.1. The summed E-state index contributed by atoms with van der Waals surface area (Å²) >= 11 is 3.21. The second-order valence-corrected chi connectivity index (χ2v) is 15.6. The summed E-state index contributed by atoms with van der Waals surface area (Å²) in [6, 6.07) is 70.0. The number of nitrogens with two attached hydrogens (primary N) is 1. The van der Waals surface area contributed by atoms with Gasteiger partial charge in [-0.25, -0.2) is 0 Å². The summed E-state index contributed by atoms with van der Waals surface area (Å²) in [5, 5.41) is 9.27. The fraction of sp³-hybridized carbons (Fsp3) is 0.0678. The largest absolute Gasteiger partial charge is 0.457 e. The molecule has 69 heavy (non-hydrogen) atoms. The number of carbonyl (C=O) groups is 4. The lowest BCUT2D eigenvalue weighted by molar-refractivity contribution is -0.139. The minimum absolute atomic E-state index is 0.111. The van der Waals surface area contributed by atoms with Crippen molar-refractivity contribution in [2.45, 2.75) is 6.92 Å². The molecule has 0 atom stereocenters. The molecule has 3 N–H and O–H groups in total. The highest BCUT2D eigenvalue weighted by Gasteiger charge is 2.15. The van der Waals surface area contributed by atoms with Gasteiger partial charge < -0.3 is 20.0 Å². The van der Waals surface area contributed by atoms with Gasteiger partial charge in [0.2, 0.25) is 5.78 Å². The quantitative estimate of drug-likeness (QED) is 0.0693. The zero-order chi connectivity index (χ0) is 48.8. The zero-order valence-electron chi connectivity index (χ0n) is 37.8. The first-order valence-electron chi connectivity index (χ1n) is 21.9. The van der Waals surface area contributed by atoms with Gasteiger partial charge >= 0.3 is 5.97 Å². The van der Waals surface area contributed by atoms with Crippen molar-refractivity contribution in [3.8, 4) is 55.8 Å². The average Bonchev–Trinajstić information content (AvgIpc) is 3.87. The van der Waals surface area contributed by atoms with E-state index >= 15 is 0 Å². The number of Topliss-reactive ketones (excluding diaryl/α,β-unsaturated/α-hetero) is 3. The molecule has 0 saturated heterocycles. The average molecular weight is 978 g/mol. The highest BCUT2D eigenvalue weighted by atomic mass is 79.9. The van der Waals surface area contributed by atoms with Crippen LogP contribution in [0, 0.1) is 0 Å². The number of halogens is 1. The van der Waals surface area contributed by atoms with Gasteiger partial charge in [0.1, 0.15) is 18.6 Å². The normalized spacial score (nSPS) is 10.1. The van der Waals surface area contributed by atoms with Gasteiger partial charge in [-0.05, 0) is 44.5 Å². The topological polar surface area (TPSA) is 150 Å². The lowest BCUT2D eigenvalue weighted by atomic mass is 9.97. The first-order chi connectivity index (χ1) is 33.7. The Morgan fingerprint density at radius 2 is 0.812 bits per heavy atom. The molecular weight excluding hydrogens is 929 g/mol. The van der Waals surface area contributed by atoms with Crippen molar-refractivity contribution in [1.29, 1.82) is 0 Å². The third-order valence-corrected chi connectivity index (χ3v) is 10.9. The third-order valence-electron chi connectivity index (χ3n) is 10.4. The van der Waals surface area contributed by atoms with E-state index in [-0.39, 0.29) is 30.0 Å². The van der Waals surface area contributed by atoms with Crippen LogP contribution in [0.3, 0.4) is 0 Å². The maximum atomic E-state index is 12.1. The SMILES string of the molecule is CC(=O)OCC(=O)c1ccccc1-c1ccccc1.Nc1nc(-c2ccccc2-c2ccccc2)co1.O=C(CBr)c1ccccc1-c1ccccc1.O=C(CO)c1ccccc1-c1ccccc1. The molecule has 0 unspecified atom stereocenters. The zero-order valence-corrected chi connectivity index (χ0v) is 39.4. The summed E-state index contributed by atoms with van der Waals surface area (Å²) < 4.78 is 9.84. The van der Waals surface area contributed by atoms with Crippen molar-refractivity contribution in [3.63, 3.8) is 0 Å². The molecule has 1 heterocycles. The number of carbonyl (C=O) groups excluding carboxylic acids is 4. The molecule has 0 aliphatic carbocycles. The summed E-state index contributed by atoms with van der Waals surface area (Å²) in [4.78, 5) is 50.3. The maximum absolute atomic E-state index is 12.1. The number of hydrogen-bond acceptors (Lipinski definition) is 9. The van der Waals surface area contributed by atoms with E-state index in [1.54, 1.807) is 30.5 Å². The molecule has 1 aromatic heterocycles. The van der Waals surface area contributed by atoms with E-state index in [0.29, 0.717) is 16.5 Å². The smallest absolute Gasteiger partial charge is 0.303 e. The monoisotopic (exact) mass is 976 g/mol. The van der Waals surface area contributed by atoms with Crippen LogP contribution in [-0.2, 0) is 9.53 Å². The number of hydrogen-bond donors (Lipinski definition) is 2. The molecule has 9 aromatic rings. The number of rotatable bonds is 12. The molecule has 0 radical (unpaired) electrons. The van der Waals surface area contributed by atoms with Gasteiger partial charge in [-0.3, -0.25) is 19.2 Å². The van der Waals surface area contributed by atoms with Crippen molar-refractivity contribution in [1.82, 2.24) is 4.98 Å². The summed E-state index contributed by atoms with van der Waals surface area (Å²) in [7, 11) is 0. The van der Waals surface area contributed by atoms with Crippen LogP contribution in [0.1, 0.15) is 38.0 Å². The Morgan fingerprint density at radius 1 is 0.478 bits per heavy atom. The number of nitrogens with zero attached hydrogens (tertiary/aromatic N) is 1. The number of benzene rings is 8. The number of oxazole rings is 1. The van der Waals surface area contributed by atoms with Crippen LogP contribution in [0.4, 0.5) is 6.01 Å². The molecule has 10 heteroatoms. The second kappa shape index (κ2) is 26.1. The van der Waals surface area contributed by atoms with E-state index in [9.17, 15) is 19.2 Å². The molecular formula is C59H49BrN2O7. The van der Waals surface area contributed by atoms with Gasteiger partial charge in [-0.1, -0.05) is 234 Å². The number of aliphatic hydroxyl groups excluding tert-OH is 1. The Morgan fingerprint density at radius 3 is 1.17 bits per heavy atom. The predicted molar refractivity (Wildman–Crippen MR) is 278 cm³/mol. The molecule has 9 rings (SSSR count). The lowest BCUT2D eigenvalue weighted by Gasteiger charge is -2.08. The van der Waals surface area contributed by atoms with Gasteiger partial charge in [0.25, 0.3) is 6.01 Å². The molecule has 0 saturated carbocycles. The summed E-state index contributed by atoms with van der Waals surface area (Å²) in [5.74, 6) is -0.792. The van der Waals surface area contributed by atoms with Crippen molar-refractivity contribution in [3.05, 3.63) is 241 Å². The van der Waals surface area contributed by atoms with Gasteiger partial charge in [0, 0.05) is 29.2 Å². The molecule has 9 nitrogen and oxygen atoms in total. The van der Waals surface area contributed by atoms with E-state index in [2.05, 4.69) is 39.1 Å². The Bertz CT molecular complexity index is 2970. The van der Waals surface area contributed by atoms with E-state index in [1.807, 2.05) is 176 Å². The summed E-state index contributed by atoms with van der Waals surface area (Å²) in [6.07, 6.45) is 1.58. The number of nitrogen functional groups attached to an aromatic ring is 1. The number of ether oxygens (including phenoxy) is 1. The van der Waals surface area contributed by atoms with E-state index < -0.39 is 12.6 Å². The Kier molecular flexibility index (Phi) is 19.0. The highest BCUT2D eigenvalue weighted by Crippen LogP contribution is 2.32. The van der Waals surface area contributed by atoms with Crippen LogP contribution in [0.25, 0.3) is 55.8 Å². The van der Waals surface area contributed by atoms with Gasteiger partial charge in [0.15, 0.2) is 18.2 Å². The minimum atomic E-state index is -0.455. The predicted octanol–water partition coefficient (Wildman–Crippen LogP) is 13.1. The highest BCUT2D eigenvalue weighted by molar-refractivity contribution is 9.09. The van der Waals surface area contributed by atoms with Crippen molar-refractivity contribution in [2.24, 2.45) is 0 Å². The Labute approximate surface area is 410 Å². The number of esters is 1. The number of ketones is 3. The Balaban J connectivity index is 0.000000152. The number of anilines is 1. The Hall–Kier alpha value is -8.31. The fourth-order valence-corrected chi connectivity index (χ4v) is 7.48. The maximum Gasteiger partial charge on any atom is 0.303 e. The van der Waals surface area contributed by atoms with E-state index in [4.69, 9.17) is 20.0 Å². The summed E-state index contributed by atoms with van der Waals surface area (Å²) in [6.45, 7) is 0.611. The minimum Gasteiger partial charge on any atom is -0.457 e. The van der Waals surface area contributed by atoms with Crippen molar-refractivity contribution in [2.75, 3.05) is 24.3 Å². The van der Waals surface area contributed by atoms with Crippen LogP contribution in [-0.4, -0.2) is 52.0 Å². The molecule has 0 bridgehead atoms.